The van der Waals surface area contributed by atoms with Crippen molar-refractivity contribution >= 4 is 0 Å². The molecular weight excluding hydrogens is 326 g/mol. The third-order valence-corrected chi connectivity index (χ3v) is 5.93. The van der Waals surface area contributed by atoms with Crippen molar-refractivity contribution in [2.45, 2.75) is 51.1 Å². The van der Waals surface area contributed by atoms with Crippen LogP contribution in [0.2, 0.25) is 0 Å². The number of hydrogen-bond acceptors (Lipinski definition) is 4. The van der Waals surface area contributed by atoms with Crippen LogP contribution in [0.25, 0.3) is 0 Å². The van der Waals surface area contributed by atoms with Gasteiger partial charge in [-0.25, -0.2) is 4.98 Å². The summed E-state index contributed by atoms with van der Waals surface area (Å²) in [6, 6.07) is 6.53. The van der Waals surface area contributed by atoms with E-state index < -0.39 is 0 Å². The molecule has 0 bridgehead atoms. The first-order chi connectivity index (χ1) is 12.7. The van der Waals surface area contributed by atoms with Crippen molar-refractivity contribution < 1.29 is 9.47 Å². The van der Waals surface area contributed by atoms with Crippen LogP contribution in [0.3, 0.4) is 0 Å². The van der Waals surface area contributed by atoms with Crippen molar-refractivity contribution in [3.8, 4) is 11.5 Å². The number of aromatic nitrogens is 2. The maximum absolute atomic E-state index is 5.64. The van der Waals surface area contributed by atoms with E-state index in [0.29, 0.717) is 6.04 Å². The maximum atomic E-state index is 5.64. The van der Waals surface area contributed by atoms with Crippen LogP contribution in [-0.2, 0) is 26.4 Å². The highest BCUT2D eigenvalue weighted by molar-refractivity contribution is 5.46. The van der Waals surface area contributed by atoms with Gasteiger partial charge in [-0.1, -0.05) is 12.1 Å². The molecule has 5 heteroatoms. The summed E-state index contributed by atoms with van der Waals surface area (Å²) in [5, 5.41) is 0. The van der Waals surface area contributed by atoms with E-state index in [4.69, 9.17) is 14.5 Å². The summed E-state index contributed by atoms with van der Waals surface area (Å²) in [6.07, 6.45) is 7.28. The van der Waals surface area contributed by atoms with Gasteiger partial charge in [-0.15, -0.1) is 0 Å². The van der Waals surface area contributed by atoms with Crippen LogP contribution in [0.1, 0.15) is 54.5 Å². The minimum atomic E-state index is 0.390. The highest BCUT2D eigenvalue weighted by Crippen LogP contribution is 2.38. The van der Waals surface area contributed by atoms with E-state index in [9.17, 15) is 0 Å². The molecule has 0 spiro atoms. The standard InChI is InChI=1S/C21H29N3O2/c1-23-17-10-5-4-9-16(17)22-21(23)18-11-7-13-24(18)14-15-8-6-12-19(25-2)20(15)26-3/h6,8,12,18H,4-5,7,9-11,13-14H2,1-3H3. The number of ether oxygens (including phenoxy) is 2. The van der Waals surface area contributed by atoms with Crippen molar-refractivity contribution in [2.75, 3.05) is 20.8 Å². The molecule has 0 saturated carbocycles. The maximum Gasteiger partial charge on any atom is 0.165 e. The largest absolute Gasteiger partial charge is 0.493 e. The minimum absolute atomic E-state index is 0.390. The molecule has 0 amide bonds. The predicted molar refractivity (Wildman–Crippen MR) is 102 cm³/mol. The number of para-hydroxylation sites is 1. The number of likely N-dealkylation sites (tertiary alicyclic amines) is 1. The minimum Gasteiger partial charge on any atom is -0.493 e. The molecule has 1 atom stereocenters. The summed E-state index contributed by atoms with van der Waals surface area (Å²) < 4.78 is 13.5. The van der Waals surface area contributed by atoms with Gasteiger partial charge in [0.2, 0.25) is 0 Å². The molecule has 2 aromatic rings. The molecule has 1 aromatic carbocycles. The number of rotatable bonds is 5. The van der Waals surface area contributed by atoms with Crippen molar-refractivity contribution in [1.82, 2.24) is 14.5 Å². The van der Waals surface area contributed by atoms with E-state index in [0.717, 1.165) is 31.0 Å². The number of imidazole rings is 1. The number of nitrogens with zero attached hydrogens (tertiary/aromatic N) is 3. The zero-order chi connectivity index (χ0) is 18.1. The number of aryl methyl sites for hydroxylation is 1. The first kappa shape index (κ1) is 17.4. The van der Waals surface area contributed by atoms with Crippen molar-refractivity contribution in [3.63, 3.8) is 0 Å². The molecule has 140 valence electrons. The second kappa shape index (κ2) is 7.31. The number of methoxy groups -OCH3 is 2. The summed E-state index contributed by atoms with van der Waals surface area (Å²) in [5.74, 6) is 2.89. The average molecular weight is 355 g/mol. The van der Waals surface area contributed by atoms with E-state index in [1.165, 1.54) is 54.9 Å². The fourth-order valence-corrected chi connectivity index (χ4v) is 4.61. The van der Waals surface area contributed by atoms with Gasteiger partial charge < -0.3 is 14.0 Å². The third kappa shape index (κ3) is 2.98. The van der Waals surface area contributed by atoms with Crippen LogP contribution in [-0.4, -0.2) is 35.2 Å². The van der Waals surface area contributed by atoms with Gasteiger partial charge in [-0.05, 0) is 51.1 Å². The van der Waals surface area contributed by atoms with E-state index in [2.05, 4.69) is 22.6 Å². The smallest absolute Gasteiger partial charge is 0.165 e. The van der Waals surface area contributed by atoms with Gasteiger partial charge in [0.25, 0.3) is 0 Å². The molecule has 0 N–H and O–H groups in total. The number of fused-ring (bicyclic) bond motifs is 1. The van der Waals surface area contributed by atoms with Crippen LogP contribution in [0, 0.1) is 0 Å². The van der Waals surface area contributed by atoms with Gasteiger partial charge in [0.05, 0.1) is 26.0 Å². The van der Waals surface area contributed by atoms with Gasteiger partial charge in [0, 0.05) is 24.8 Å². The molecule has 1 aliphatic heterocycles. The van der Waals surface area contributed by atoms with Crippen LogP contribution in [0.15, 0.2) is 18.2 Å². The van der Waals surface area contributed by atoms with Gasteiger partial charge >= 0.3 is 0 Å². The normalized spacial score (nSPS) is 20.2. The topological polar surface area (TPSA) is 39.5 Å². The lowest BCUT2D eigenvalue weighted by Gasteiger charge is -2.25. The first-order valence-corrected chi connectivity index (χ1v) is 9.71. The molecule has 1 unspecified atom stereocenters. The monoisotopic (exact) mass is 355 g/mol. The van der Waals surface area contributed by atoms with Crippen molar-refractivity contribution in [3.05, 3.63) is 41.0 Å². The average Bonchev–Trinajstić information content (AvgIpc) is 3.26. The molecule has 0 radical (unpaired) electrons. The Kier molecular flexibility index (Phi) is 4.90. The molecular formula is C21H29N3O2. The number of hydrogen-bond donors (Lipinski definition) is 0. The molecule has 5 nitrogen and oxygen atoms in total. The van der Waals surface area contributed by atoms with Crippen LogP contribution >= 0.6 is 0 Å². The Bertz CT molecular complexity index is 784. The lowest BCUT2D eigenvalue weighted by atomic mass is 10.0. The van der Waals surface area contributed by atoms with Crippen molar-refractivity contribution in [2.24, 2.45) is 7.05 Å². The Balaban J connectivity index is 1.61. The van der Waals surface area contributed by atoms with E-state index >= 15 is 0 Å². The highest BCUT2D eigenvalue weighted by Gasteiger charge is 2.32. The Hall–Kier alpha value is -2.01. The molecule has 1 fully saturated rings. The summed E-state index contributed by atoms with van der Waals surface area (Å²) in [5.41, 5.74) is 3.97. The summed E-state index contributed by atoms with van der Waals surface area (Å²) in [7, 11) is 5.61. The Morgan fingerprint density at radius 2 is 1.96 bits per heavy atom. The molecule has 1 aromatic heterocycles. The zero-order valence-corrected chi connectivity index (χ0v) is 16.1. The summed E-state index contributed by atoms with van der Waals surface area (Å²) >= 11 is 0. The van der Waals surface area contributed by atoms with Crippen LogP contribution < -0.4 is 9.47 Å². The molecule has 2 heterocycles. The highest BCUT2D eigenvalue weighted by atomic mass is 16.5. The van der Waals surface area contributed by atoms with E-state index in [1.54, 1.807) is 14.2 Å². The molecule has 1 aliphatic carbocycles. The molecule has 1 saturated heterocycles. The predicted octanol–water partition coefficient (Wildman–Crippen LogP) is 3.65. The fourth-order valence-electron chi connectivity index (χ4n) is 4.61. The molecule has 26 heavy (non-hydrogen) atoms. The lowest BCUT2D eigenvalue weighted by molar-refractivity contribution is 0.231. The zero-order valence-electron chi connectivity index (χ0n) is 16.1. The first-order valence-electron chi connectivity index (χ1n) is 9.71. The van der Waals surface area contributed by atoms with Gasteiger partial charge in [0.15, 0.2) is 11.5 Å². The Morgan fingerprint density at radius 3 is 2.73 bits per heavy atom. The third-order valence-electron chi connectivity index (χ3n) is 5.93. The van der Waals surface area contributed by atoms with Gasteiger partial charge in [0.1, 0.15) is 5.82 Å². The van der Waals surface area contributed by atoms with Crippen LogP contribution in [0.5, 0.6) is 11.5 Å². The second-order valence-corrected chi connectivity index (χ2v) is 7.41. The van der Waals surface area contributed by atoms with E-state index in [1.807, 2.05) is 12.1 Å². The number of benzene rings is 1. The lowest BCUT2D eigenvalue weighted by Crippen LogP contribution is -2.25. The quantitative estimate of drug-likeness (QED) is 0.821. The molecule has 2 aliphatic rings. The summed E-state index contributed by atoms with van der Waals surface area (Å²) in [6.45, 7) is 1.96. The van der Waals surface area contributed by atoms with Crippen LogP contribution in [0.4, 0.5) is 0 Å². The van der Waals surface area contributed by atoms with Crippen molar-refractivity contribution in [1.29, 1.82) is 0 Å². The van der Waals surface area contributed by atoms with Gasteiger partial charge in [-0.3, -0.25) is 4.90 Å². The summed E-state index contributed by atoms with van der Waals surface area (Å²) in [4.78, 5) is 7.61. The van der Waals surface area contributed by atoms with Gasteiger partial charge in [-0.2, -0.15) is 0 Å². The Labute approximate surface area is 155 Å². The van der Waals surface area contributed by atoms with E-state index in [-0.39, 0.29) is 0 Å². The SMILES string of the molecule is COc1cccc(CN2CCCC2c2nc3c(n2C)CCCC3)c1OC. The molecule has 4 rings (SSSR count). The Morgan fingerprint density at radius 1 is 1.12 bits per heavy atom. The fraction of sp³-hybridized carbons (Fsp3) is 0.571. The second-order valence-electron chi connectivity index (χ2n) is 7.41.